The van der Waals surface area contributed by atoms with E-state index in [1.165, 1.54) is 16.7 Å². The van der Waals surface area contributed by atoms with Gasteiger partial charge in [-0.1, -0.05) is 18.2 Å². The molecule has 0 aliphatic rings. The number of aryl methyl sites for hydroxylation is 3. The monoisotopic (exact) mass is 255 g/mol. The van der Waals surface area contributed by atoms with E-state index in [-0.39, 0.29) is 6.04 Å². The Bertz CT molecular complexity index is 546. The summed E-state index contributed by atoms with van der Waals surface area (Å²) < 4.78 is 0. The van der Waals surface area contributed by atoms with Crippen LogP contribution in [0.25, 0.3) is 0 Å². The van der Waals surface area contributed by atoms with Crippen molar-refractivity contribution in [2.75, 3.05) is 7.05 Å². The molecule has 1 heterocycles. The Morgan fingerprint density at radius 3 is 2.42 bits per heavy atom. The van der Waals surface area contributed by atoms with E-state index in [9.17, 15) is 0 Å². The van der Waals surface area contributed by atoms with Crippen molar-refractivity contribution in [1.82, 2.24) is 15.3 Å². The van der Waals surface area contributed by atoms with Crippen molar-refractivity contribution in [1.29, 1.82) is 0 Å². The van der Waals surface area contributed by atoms with Crippen LogP contribution in [0.3, 0.4) is 0 Å². The fourth-order valence-electron chi connectivity index (χ4n) is 2.10. The number of aromatic nitrogens is 2. The number of hydrogen-bond donors (Lipinski definition) is 1. The van der Waals surface area contributed by atoms with Crippen LogP contribution in [0.15, 0.2) is 30.6 Å². The van der Waals surface area contributed by atoms with Gasteiger partial charge in [-0.05, 0) is 50.9 Å². The molecule has 0 saturated carbocycles. The maximum Gasteiger partial charge on any atom is 0.0759 e. The van der Waals surface area contributed by atoms with Crippen molar-refractivity contribution in [3.63, 3.8) is 0 Å². The topological polar surface area (TPSA) is 37.8 Å². The molecule has 19 heavy (non-hydrogen) atoms. The zero-order valence-electron chi connectivity index (χ0n) is 12.1. The highest BCUT2D eigenvalue weighted by Gasteiger charge is 2.12. The quantitative estimate of drug-likeness (QED) is 0.913. The van der Waals surface area contributed by atoms with E-state index in [0.29, 0.717) is 0 Å². The molecule has 1 atom stereocenters. The molecule has 1 N–H and O–H groups in total. The van der Waals surface area contributed by atoms with Gasteiger partial charge in [-0.25, -0.2) is 0 Å². The van der Waals surface area contributed by atoms with Crippen molar-refractivity contribution in [3.8, 4) is 0 Å². The molecule has 3 nitrogen and oxygen atoms in total. The summed E-state index contributed by atoms with van der Waals surface area (Å²) in [5.41, 5.74) is 5.93. The molecule has 3 heteroatoms. The smallest absolute Gasteiger partial charge is 0.0759 e. The lowest BCUT2D eigenvalue weighted by atomic mass is 9.99. The fraction of sp³-hybridized carbons (Fsp3) is 0.375. The predicted molar refractivity (Wildman–Crippen MR) is 78.2 cm³/mol. The van der Waals surface area contributed by atoms with Crippen LogP contribution in [-0.4, -0.2) is 17.0 Å². The van der Waals surface area contributed by atoms with Gasteiger partial charge in [-0.15, -0.1) is 0 Å². The molecule has 1 aromatic heterocycles. The molecule has 0 aliphatic heterocycles. The van der Waals surface area contributed by atoms with E-state index in [1.807, 2.05) is 26.4 Å². The van der Waals surface area contributed by atoms with Gasteiger partial charge in [0.15, 0.2) is 0 Å². The number of hydrogen-bond acceptors (Lipinski definition) is 3. The first-order valence-electron chi connectivity index (χ1n) is 6.62. The van der Waals surface area contributed by atoms with Gasteiger partial charge in [0.25, 0.3) is 0 Å². The first kappa shape index (κ1) is 13.7. The summed E-state index contributed by atoms with van der Waals surface area (Å²) in [5.74, 6) is 0. The van der Waals surface area contributed by atoms with E-state index in [2.05, 4.69) is 47.3 Å². The standard InChI is InChI=1S/C16H21N3/c1-11-5-6-14(7-12(11)2)8-15(17-4)16-10-18-13(3)9-19-16/h5-7,9-10,15,17H,8H2,1-4H3. The van der Waals surface area contributed by atoms with Crippen LogP contribution in [0.4, 0.5) is 0 Å². The van der Waals surface area contributed by atoms with Gasteiger partial charge in [0.05, 0.1) is 23.6 Å². The third-order valence-electron chi connectivity index (χ3n) is 3.52. The van der Waals surface area contributed by atoms with Gasteiger partial charge >= 0.3 is 0 Å². The van der Waals surface area contributed by atoms with Crippen molar-refractivity contribution in [2.24, 2.45) is 0 Å². The number of likely N-dealkylation sites (N-methyl/N-ethyl adjacent to an activating group) is 1. The molecule has 0 aliphatic carbocycles. The highest BCUT2D eigenvalue weighted by atomic mass is 14.9. The lowest BCUT2D eigenvalue weighted by Crippen LogP contribution is -2.20. The molecular weight excluding hydrogens is 234 g/mol. The maximum absolute atomic E-state index is 4.46. The SMILES string of the molecule is CNC(Cc1ccc(C)c(C)c1)c1cnc(C)cn1. The Balaban J connectivity index is 2.18. The average Bonchev–Trinajstić information content (AvgIpc) is 2.41. The highest BCUT2D eigenvalue weighted by Crippen LogP contribution is 2.18. The molecule has 0 amide bonds. The minimum absolute atomic E-state index is 0.204. The molecular formula is C16H21N3. The summed E-state index contributed by atoms with van der Waals surface area (Å²) in [7, 11) is 1.97. The van der Waals surface area contributed by atoms with Crippen molar-refractivity contribution in [2.45, 2.75) is 33.2 Å². The van der Waals surface area contributed by atoms with Crippen LogP contribution in [0, 0.1) is 20.8 Å². The normalized spacial score (nSPS) is 12.4. The van der Waals surface area contributed by atoms with Crippen LogP contribution in [0.5, 0.6) is 0 Å². The first-order chi connectivity index (χ1) is 9.10. The van der Waals surface area contributed by atoms with E-state index in [1.54, 1.807) is 0 Å². The average molecular weight is 255 g/mol. The van der Waals surface area contributed by atoms with Crippen molar-refractivity contribution >= 4 is 0 Å². The molecule has 0 spiro atoms. The van der Waals surface area contributed by atoms with Gasteiger partial charge in [0, 0.05) is 6.20 Å². The molecule has 1 aromatic carbocycles. The zero-order valence-corrected chi connectivity index (χ0v) is 12.1. The molecule has 0 saturated heterocycles. The lowest BCUT2D eigenvalue weighted by Gasteiger charge is -2.16. The number of nitrogens with one attached hydrogen (secondary N) is 1. The van der Waals surface area contributed by atoms with Gasteiger partial charge < -0.3 is 5.32 Å². The summed E-state index contributed by atoms with van der Waals surface area (Å²) in [6, 6.07) is 6.82. The summed E-state index contributed by atoms with van der Waals surface area (Å²) in [5, 5.41) is 3.32. The third-order valence-corrected chi connectivity index (χ3v) is 3.52. The van der Waals surface area contributed by atoms with E-state index < -0.39 is 0 Å². The van der Waals surface area contributed by atoms with Gasteiger partial charge in [0.2, 0.25) is 0 Å². The number of rotatable bonds is 4. The van der Waals surface area contributed by atoms with E-state index >= 15 is 0 Å². The summed E-state index contributed by atoms with van der Waals surface area (Å²) in [6.07, 6.45) is 4.60. The highest BCUT2D eigenvalue weighted by molar-refractivity contribution is 5.30. The molecule has 1 unspecified atom stereocenters. The maximum atomic E-state index is 4.46. The van der Waals surface area contributed by atoms with Crippen LogP contribution in [0.2, 0.25) is 0 Å². The predicted octanol–water partition coefficient (Wildman–Crippen LogP) is 2.91. The van der Waals surface area contributed by atoms with Gasteiger partial charge in [-0.3, -0.25) is 9.97 Å². The summed E-state index contributed by atoms with van der Waals surface area (Å²) in [6.45, 7) is 6.24. The second-order valence-electron chi connectivity index (χ2n) is 5.05. The molecule has 2 rings (SSSR count). The second kappa shape index (κ2) is 5.93. The van der Waals surface area contributed by atoms with Crippen molar-refractivity contribution in [3.05, 3.63) is 58.7 Å². The third kappa shape index (κ3) is 3.38. The van der Waals surface area contributed by atoms with E-state index in [4.69, 9.17) is 0 Å². The van der Waals surface area contributed by atoms with Crippen LogP contribution in [0.1, 0.15) is 34.1 Å². The Morgan fingerprint density at radius 2 is 1.84 bits per heavy atom. The molecule has 100 valence electrons. The summed E-state index contributed by atoms with van der Waals surface area (Å²) >= 11 is 0. The Kier molecular flexibility index (Phi) is 4.27. The Morgan fingerprint density at radius 1 is 1.05 bits per heavy atom. The van der Waals surface area contributed by atoms with Crippen LogP contribution < -0.4 is 5.32 Å². The Labute approximate surface area is 115 Å². The fourth-order valence-corrected chi connectivity index (χ4v) is 2.10. The van der Waals surface area contributed by atoms with Crippen molar-refractivity contribution < 1.29 is 0 Å². The minimum atomic E-state index is 0.204. The second-order valence-corrected chi connectivity index (χ2v) is 5.05. The Hall–Kier alpha value is -1.74. The molecule has 0 radical (unpaired) electrons. The summed E-state index contributed by atoms with van der Waals surface area (Å²) in [4.78, 5) is 8.78. The van der Waals surface area contributed by atoms with Gasteiger partial charge in [0.1, 0.15) is 0 Å². The first-order valence-corrected chi connectivity index (χ1v) is 6.62. The molecule has 2 aromatic rings. The van der Waals surface area contributed by atoms with E-state index in [0.717, 1.165) is 17.8 Å². The molecule has 0 bridgehead atoms. The number of nitrogens with zero attached hydrogens (tertiary/aromatic N) is 2. The lowest BCUT2D eigenvalue weighted by molar-refractivity contribution is 0.572. The van der Waals surface area contributed by atoms with Gasteiger partial charge in [-0.2, -0.15) is 0 Å². The molecule has 0 fully saturated rings. The van der Waals surface area contributed by atoms with Crippen LogP contribution in [-0.2, 0) is 6.42 Å². The van der Waals surface area contributed by atoms with Crippen LogP contribution >= 0.6 is 0 Å². The zero-order chi connectivity index (χ0) is 13.8. The minimum Gasteiger partial charge on any atom is -0.311 e. The number of benzene rings is 1. The largest absolute Gasteiger partial charge is 0.311 e.